The number of aromatic amines is 1. The van der Waals surface area contributed by atoms with Gasteiger partial charge in [0.05, 0.1) is 0 Å². The number of carbonyl (C=O) groups is 1. The zero-order valence-electron chi connectivity index (χ0n) is 10.8. The van der Waals surface area contributed by atoms with Gasteiger partial charge >= 0.3 is 0 Å². The standard InChI is InChI=1S/C13H22N2O/c1-12(2,3)9-13(4,5)15-11(16)10-7-6-8-14-10/h6-8,14H,9H2,1-5H3,(H,15,16). The summed E-state index contributed by atoms with van der Waals surface area (Å²) < 4.78 is 0. The first-order valence-electron chi connectivity index (χ1n) is 5.66. The van der Waals surface area contributed by atoms with Crippen LogP contribution in [0.15, 0.2) is 18.3 Å². The van der Waals surface area contributed by atoms with Crippen molar-refractivity contribution in [3.05, 3.63) is 24.0 Å². The van der Waals surface area contributed by atoms with E-state index < -0.39 is 0 Å². The molecule has 0 radical (unpaired) electrons. The van der Waals surface area contributed by atoms with Gasteiger partial charge in [-0.3, -0.25) is 4.79 Å². The predicted molar refractivity (Wildman–Crippen MR) is 66.4 cm³/mol. The minimum atomic E-state index is -0.194. The van der Waals surface area contributed by atoms with Crippen LogP contribution in [0.4, 0.5) is 0 Å². The second-order valence-corrected chi connectivity index (χ2v) is 6.16. The van der Waals surface area contributed by atoms with Gasteiger partial charge in [0, 0.05) is 11.7 Å². The molecule has 3 heteroatoms. The van der Waals surface area contributed by atoms with E-state index in [-0.39, 0.29) is 16.9 Å². The Morgan fingerprint density at radius 1 is 1.31 bits per heavy atom. The Hall–Kier alpha value is -1.25. The molecule has 3 nitrogen and oxygen atoms in total. The van der Waals surface area contributed by atoms with Gasteiger partial charge in [0.2, 0.25) is 0 Å². The molecule has 0 fully saturated rings. The minimum absolute atomic E-state index is 0.0424. The van der Waals surface area contributed by atoms with Crippen LogP contribution in [0.25, 0.3) is 0 Å². The second kappa shape index (κ2) is 4.32. The number of rotatable bonds is 3. The van der Waals surface area contributed by atoms with E-state index in [1.165, 1.54) is 0 Å². The Bertz CT molecular complexity index is 345. The second-order valence-electron chi connectivity index (χ2n) is 6.16. The summed E-state index contributed by atoms with van der Waals surface area (Å²) in [5.41, 5.74) is 0.620. The molecular weight excluding hydrogens is 200 g/mol. The fourth-order valence-corrected chi connectivity index (χ4v) is 2.22. The first-order valence-corrected chi connectivity index (χ1v) is 5.66. The molecule has 16 heavy (non-hydrogen) atoms. The van der Waals surface area contributed by atoms with Gasteiger partial charge in [-0.1, -0.05) is 20.8 Å². The number of carbonyl (C=O) groups excluding carboxylic acids is 1. The summed E-state index contributed by atoms with van der Waals surface area (Å²) in [6, 6.07) is 3.61. The van der Waals surface area contributed by atoms with Gasteiger partial charge in [-0.15, -0.1) is 0 Å². The van der Waals surface area contributed by atoms with Gasteiger partial charge in [-0.2, -0.15) is 0 Å². The molecule has 0 atom stereocenters. The Morgan fingerprint density at radius 2 is 1.94 bits per heavy atom. The van der Waals surface area contributed by atoms with Crippen LogP contribution in [0.3, 0.4) is 0 Å². The van der Waals surface area contributed by atoms with E-state index in [2.05, 4.69) is 44.9 Å². The maximum atomic E-state index is 11.9. The van der Waals surface area contributed by atoms with Crippen LogP contribution in [0.1, 0.15) is 51.5 Å². The van der Waals surface area contributed by atoms with Crippen molar-refractivity contribution < 1.29 is 4.79 Å². The normalized spacial score (nSPS) is 12.6. The summed E-state index contributed by atoms with van der Waals surface area (Å²) in [5.74, 6) is -0.0424. The molecule has 1 rings (SSSR count). The van der Waals surface area contributed by atoms with Crippen molar-refractivity contribution in [1.29, 1.82) is 0 Å². The van der Waals surface area contributed by atoms with Crippen molar-refractivity contribution in [1.82, 2.24) is 10.3 Å². The number of hydrogen-bond acceptors (Lipinski definition) is 1. The fraction of sp³-hybridized carbons (Fsp3) is 0.615. The first kappa shape index (κ1) is 12.8. The number of nitrogens with one attached hydrogen (secondary N) is 2. The predicted octanol–water partition coefficient (Wildman–Crippen LogP) is 2.96. The average molecular weight is 222 g/mol. The van der Waals surface area contributed by atoms with Gasteiger partial charge in [-0.25, -0.2) is 0 Å². The average Bonchev–Trinajstić information content (AvgIpc) is 2.48. The molecule has 0 saturated carbocycles. The smallest absolute Gasteiger partial charge is 0.268 e. The molecule has 0 spiro atoms. The monoisotopic (exact) mass is 222 g/mol. The Labute approximate surface area is 97.6 Å². The van der Waals surface area contributed by atoms with E-state index >= 15 is 0 Å². The lowest BCUT2D eigenvalue weighted by molar-refractivity contribution is 0.0887. The van der Waals surface area contributed by atoms with Crippen molar-refractivity contribution in [2.24, 2.45) is 5.41 Å². The molecule has 0 aliphatic rings. The molecule has 2 N–H and O–H groups in total. The highest BCUT2D eigenvalue weighted by molar-refractivity contribution is 5.92. The molecule has 0 aliphatic heterocycles. The van der Waals surface area contributed by atoms with Crippen molar-refractivity contribution >= 4 is 5.91 Å². The van der Waals surface area contributed by atoms with Crippen LogP contribution >= 0.6 is 0 Å². The van der Waals surface area contributed by atoms with Gasteiger partial charge in [0.1, 0.15) is 5.69 Å². The number of aromatic nitrogens is 1. The van der Waals surface area contributed by atoms with E-state index in [4.69, 9.17) is 0 Å². The zero-order valence-corrected chi connectivity index (χ0v) is 10.8. The lowest BCUT2D eigenvalue weighted by Crippen LogP contribution is -2.45. The van der Waals surface area contributed by atoms with Gasteiger partial charge in [0.15, 0.2) is 0 Å². The van der Waals surface area contributed by atoms with E-state index in [1.54, 1.807) is 12.3 Å². The van der Waals surface area contributed by atoms with Crippen LogP contribution in [0.5, 0.6) is 0 Å². The van der Waals surface area contributed by atoms with Crippen molar-refractivity contribution in [3.8, 4) is 0 Å². The summed E-state index contributed by atoms with van der Waals surface area (Å²) >= 11 is 0. The van der Waals surface area contributed by atoms with Crippen molar-refractivity contribution in [3.63, 3.8) is 0 Å². The number of hydrogen-bond donors (Lipinski definition) is 2. The summed E-state index contributed by atoms with van der Waals surface area (Å²) in [7, 11) is 0. The summed E-state index contributed by atoms with van der Waals surface area (Å²) in [5, 5.41) is 3.05. The van der Waals surface area contributed by atoms with Crippen LogP contribution in [0.2, 0.25) is 0 Å². The van der Waals surface area contributed by atoms with Crippen LogP contribution in [-0.2, 0) is 0 Å². The van der Waals surface area contributed by atoms with Crippen molar-refractivity contribution in [2.45, 2.75) is 46.6 Å². The molecule has 0 saturated heterocycles. The molecule has 90 valence electrons. The van der Waals surface area contributed by atoms with Crippen molar-refractivity contribution in [2.75, 3.05) is 0 Å². The summed E-state index contributed by atoms with van der Waals surface area (Å²) in [4.78, 5) is 14.8. The van der Waals surface area contributed by atoms with Crippen LogP contribution in [0, 0.1) is 5.41 Å². The highest BCUT2D eigenvalue weighted by atomic mass is 16.2. The van der Waals surface area contributed by atoms with Gasteiger partial charge in [0.25, 0.3) is 5.91 Å². The molecule has 1 aromatic rings. The van der Waals surface area contributed by atoms with Crippen LogP contribution in [-0.4, -0.2) is 16.4 Å². The lowest BCUT2D eigenvalue weighted by atomic mass is 9.82. The first-order chi connectivity index (χ1) is 7.20. The van der Waals surface area contributed by atoms with E-state index in [9.17, 15) is 4.79 Å². The molecule has 0 aliphatic carbocycles. The SMILES string of the molecule is CC(C)(C)CC(C)(C)NC(=O)c1ccc[nH]1. The third-order valence-corrected chi connectivity index (χ3v) is 2.27. The van der Waals surface area contributed by atoms with E-state index in [1.807, 2.05) is 6.07 Å². The van der Waals surface area contributed by atoms with E-state index in [0.717, 1.165) is 6.42 Å². The maximum Gasteiger partial charge on any atom is 0.268 e. The van der Waals surface area contributed by atoms with Gasteiger partial charge in [-0.05, 0) is 37.8 Å². The zero-order chi connectivity index (χ0) is 12.4. The number of H-pyrrole nitrogens is 1. The fourth-order valence-electron chi connectivity index (χ4n) is 2.22. The highest BCUT2D eigenvalue weighted by Crippen LogP contribution is 2.26. The largest absolute Gasteiger partial charge is 0.357 e. The minimum Gasteiger partial charge on any atom is -0.357 e. The molecule has 0 bridgehead atoms. The highest BCUT2D eigenvalue weighted by Gasteiger charge is 2.27. The summed E-state index contributed by atoms with van der Waals surface area (Å²) in [6.07, 6.45) is 2.69. The maximum absolute atomic E-state index is 11.9. The molecule has 0 unspecified atom stereocenters. The number of amides is 1. The lowest BCUT2D eigenvalue weighted by Gasteiger charge is -2.33. The topological polar surface area (TPSA) is 44.9 Å². The molecule has 0 aromatic carbocycles. The summed E-state index contributed by atoms with van der Waals surface area (Å²) in [6.45, 7) is 10.6. The van der Waals surface area contributed by atoms with E-state index in [0.29, 0.717) is 5.69 Å². The van der Waals surface area contributed by atoms with Crippen LogP contribution < -0.4 is 5.32 Å². The quantitative estimate of drug-likeness (QED) is 0.811. The third kappa shape index (κ3) is 4.09. The Morgan fingerprint density at radius 3 is 2.38 bits per heavy atom. The Balaban J connectivity index is 2.63. The van der Waals surface area contributed by atoms with Gasteiger partial charge < -0.3 is 10.3 Å². The molecule has 1 aromatic heterocycles. The third-order valence-electron chi connectivity index (χ3n) is 2.27. The molecular formula is C13H22N2O. The molecule has 1 amide bonds. The molecule has 1 heterocycles. The Kier molecular flexibility index (Phi) is 3.46.